The average Bonchev–Trinajstić information content (AvgIpc) is 2.78. The minimum absolute atomic E-state index is 0.142. The number of primary amides is 1. The van der Waals surface area contributed by atoms with Gasteiger partial charge in [-0.05, 0) is 51.0 Å². The Morgan fingerprint density at radius 1 is 1.41 bits per heavy atom. The van der Waals surface area contributed by atoms with Crippen LogP contribution in [-0.2, 0) is 17.6 Å². The minimum atomic E-state index is -0.377. The van der Waals surface area contributed by atoms with Crippen molar-refractivity contribution in [2.75, 3.05) is 0 Å². The van der Waals surface area contributed by atoms with E-state index in [9.17, 15) is 4.79 Å². The van der Waals surface area contributed by atoms with Crippen molar-refractivity contribution in [1.29, 1.82) is 0 Å². The number of carbonyl (C=O) groups excluding carboxylic acids is 1. The predicted molar refractivity (Wildman–Crippen MR) is 86.8 cm³/mol. The molecule has 0 fully saturated rings. The van der Waals surface area contributed by atoms with Crippen LogP contribution in [0.4, 0.5) is 0 Å². The quantitative estimate of drug-likeness (QED) is 0.860. The highest BCUT2D eigenvalue weighted by Crippen LogP contribution is 2.27. The molecule has 1 aromatic carbocycles. The van der Waals surface area contributed by atoms with Crippen LogP contribution in [-0.4, -0.2) is 22.0 Å². The lowest BCUT2D eigenvalue weighted by Gasteiger charge is -2.12. The molecule has 5 nitrogen and oxygen atoms in total. The molecule has 2 rings (SSSR count). The molecule has 0 aliphatic heterocycles. The Balaban J connectivity index is 2.37. The van der Waals surface area contributed by atoms with E-state index in [1.54, 1.807) is 0 Å². The Bertz CT molecular complexity index is 675. The van der Waals surface area contributed by atoms with Crippen molar-refractivity contribution in [3.8, 4) is 17.1 Å². The number of benzene rings is 1. The van der Waals surface area contributed by atoms with Crippen LogP contribution in [0.1, 0.15) is 37.7 Å². The van der Waals surface area contributed by atoms with Crippen LogP contribution >= 0.6 is 0 Å². The number of H-pyrrole nitrogens is 1. The highest BCUT2D eigenvalue weighted by atomic mass is 16.5. The van der Waals surface area contributed by atoms with E-state index in [-0.39, 0.29) is 18.4 Å². The Hall–Kier alpha value is -2.30. The molecule has 0 unspecified atom stereocenters. The summed E-state index contributed by atoms with van der Waals surface area (Å²) >= 11 is 0. The number of aromatic amines is 1. The first kappa shape index (κ1) is 16.1. The molecule has 2 aromatic rings. The molecule has 118 valence electrons. The van der Waals surface area contributed by atoms with Crippen molar-refractivity contribution in [3.05, 3.63) is 35.2 Å². The number of hydrogen-bond acceptors (Lipinski definition) is 3. The standard InChI is InChI=1S/C17H23N3O2/c1-5-12-8-13(22-10(2)3)6-7-14(12)17-19-11(4)15(20-17)9-16(18)21/h6-8,10H,5,9H2,1-4H3,(H2,18,21)(H,19,20). The van der Waals surface area contributed by atoms with Crippen molar-refractivity contribution < 1.29 is 9.53 Å². The molecule has 3 N–H and O–H groups in total. The highest BCUT2D eigenvalue weighted by molar-refractivity contribution is 5.76. The molecule has 0 radical (unpaired) electrons. The summed E-state index contributed by atoms with van der Waals surface area (Å²) in [6.45, 7) is 8.01. The molecule has 1 amide bonds. The fraction of sp³-hybridized carbons (Fsp3) is 0.412. The van der Waals surface area contributed by atoms with E-state index in [0.717, 1.165) is 34.8 Å². The second-order valence-corrected chi connectivity index (χ2v) is 5.64. The van der Waals surface area contributed by atoms with Crippen molar-refractivity contribution in [1.82, 2.24) is 9.97 Å². The van der Waals surface area contributed by atoms with Gasteiger partial charge in [-0.25, -0.2) is 4.98 Å². The summed E-state index contributed by atoms with van der Waals surface area (Å²) in [6, 6.07) is 5.99. The number of nitrogens with one attached hydrogen (secondary N) is 1. The number of carbonyl (C=O) groups is 1. The van der Waals surface area contributed by atoms with E-state index in [0.29, 0.717) is 5.69 Å². The first-order chi connectivity index (χ1) is 10.4. The van der Waals surface area contributed by atoms with Gasteiger partial charge < -0.3 is 15.5 Å². The molecule has 0 aliphatic carbocycles. The van der Waals surface area contributed by atoms with Gasteiger partial charge in [-0.3, -0.25) is 4.79 Å². The number of hydrogen-bond donors (Lipinski definition) is 2. The summed E-state index contributed by atoms with van der Waals surface area (Å²) in [6.07, 6.45) is 1.16. The second kappa shape index (κ2) is 6.64. The number of nitrogens with zero attached hydrogens (tertiary/aromatic N) is 1. The molecular formula is C17H23N3O2. The van der Waals surface area contributed by atoms with Gasteiger partial charge in [0.1, 0.15) is 11.6 Å². The topological polar surface area (TPSA) is 81.0 Å². The number of imidazole rings is 1. The van der Waals surface area contributed by atoms with Crippen molar-refractivity contribution in [2.24, 2.45) is 5.73 Å². The lowest BCUT2D eigenvalue weighted by atomic mass is 10.0. The van der Waals surface area contributed by atoms with Crippen LogP contribution in [0, 0.1) is 6.92 Å². The Morgan fingerprint density at radius 2 is 2.14 bits per heavy atom. The average molecular weight is 301 g/mol. The van der Waals surface area contributed by atoms with Crippen molar-refractivity contribution in [2.45, 2.75) is 46.6 Å². The molecule has 0 saturated heterocycles. The number of aryl methyl sites for hydroxylation is 2. The smallest absolute Gasteiger partial charge is 0.223 e. The van der Waals surface area contributed by atoms with Gasteiger partial charge in [-0.2, -0.15) is 0 Å². The van der Waals surface area contributed by atoms with Gasteiger partial charge in [0.25, 0.3) is 0 Å². The maximum absolute atomic E-state index is 11.1. The molecule has 5 heteroatoms. The second-order valence-electron chi connectivity index (χ2n) is 5.64. The molecule has 0 spiro atoms. The van der Waals surface area contributed by atoms with Gasteiger partial charge >= 0.3 is 0 Å². The van der Waals surface area contributed by atoms with Crippen LogP contribution in [0.15, 0.2) is 18.2 Å². The maximum atomic E-state index is 11.1. The Labute approximate surface area is 130 Å². The van der Waals surface area contributed by atoms with E-state index in [2.05, 4.69) is 16.9 Å². The molecule has 0 saturated carbocycles. The van der Waals surface area contributed by atoms with Crippen LogP contribution < -0.4 is 10.5 Å². The number of aromatic nitrogens is 2. The third-order valence-corrected chi connectivity index (χ3v) is 3.41. The molecule has 0 aliphatic rings. The zero-order valence-corrected chi connectivity index (χ0v) is 13.6. The number of rotatable bonds is 6. The SMILES string of the molecule is CCc1cc(OC(C)C)ccc1-c1nc(CC(N)=O)c(C)[nH]1. The van der Waals surface area contributed by atoms with Crippen LogP contribution in [0.5, 0.6) is 5.75 Å². The van der Waals surface area contributed by atoms with E-state index >= 15 is 0 Å². The van der Waals surface area contributed by atoms with Crippen LogP contribution in [0.25, 0.3) is 11.4 Å². The number of ether oxygens (including phenoxy) is 1. The summed E-state index contributed by atoms with van der Waals surface area (Å²) < 4.78 is 5.74. The minimum Gasteiger partial charge on any atom is -0.491 e. The largest absolute Gasteiger partial charge is 0.491 e. The summed E-state index contributed by atoms with van der Waals surface area (Å²) in [5, 5.41) is 0. The summed E-state index contributed by atoms with van der Waals surface area (Å²) in [4.78, 5) is 18.9. The fourth-order valence-electron chi connectivity index (χ4n) is 2.40. The monoisotopic (exact) mass is 301 g/mol. The number of amides is 1. The third kappa shape index (κ3) is 3.67. The molecule has 1 aromatic heterocycles. The first-order valence-corrected chi connectivity index (χ1v) is 7.54. The van der Waals surface area contributed by atoms with Gasteiger partial charge in [0.15, 0.2) is 0 Å². The predicted octanol–water partition coefficient (Wildman–Crippen LogP) is 2.76. The molecule has 0 atom stereocenters. The van der Waals surface area contributed by atoms with Gasteiger partial charge in [-0.1, -0.05) is 6.92 Å². The molecule has 1 heterocycles. The van der Waals surface area contributed by atoms with Crippen LogP contribution in [0.3, 0.4) is 0 Å². The summed E-state index contributed by atoms with van der Waals surface area (Å²) in [5.41, 5.74) is 9.00. The van der Waals surface area contributed by atoms with E-state index in [1.807, 2.05) is 39.0 Å². The summed E-state index contributed by atoms with van der Waals surface area (Å²) in [7, 11) is 0. The highest BCUT2D eigenvalue weighted by Gasteiger charge is 2.14. The first-order valence-electron chi connectivity index (χ1n) is 7.54. The molecular weight excluding hydrogens is 278 g/mol. The third-order valence-electron chi connectivity index (χ3n) is 3.41. The lowest BCUT2D eigenvalue weighted by molar-refractivity contribution is -0.117. The zero-order chi connectivity index (χ0) is 16.3. The molecule has 0 bridgehead atoms. The Kier molecular flexibility index (Phi) is 4.85. The van der Waals surface area contributed by atoms with E-state index in [1.165, 1.54) is 0 Å². The van der Waals surface area contributed by atoms with E-state index < -0.39 is 0 Å². The molecule has 22 heavy (non-hydrogen) atoms. The Morgan fingerprint density at radius 3 is 2.73 bits per heavy atom. The van der Waals surface area contributed by atoms with Gasteiger partial charge in [0, 0.05) is 11.3 Å². The van der Waals surface area contributed by atoms with Gasteiger partial charge in [0.2, 0.25) is 5.91 Å². The van der Waals surface area contributed by atoms with Gasteiger partial charge in [-0.15, -0.1) is 0 Å². The fourth-order valence-corrected chi connectivity index (χ4v) is 2.40. The van der Waals surface area contributed by atoms with Crippen molar-refractivity contribution >= 4 is 5.91 Å². The maximum Gasteiger partial charge on any atom is 0.223 e. The lowest BCUT2D eigenvalue weighted by Crippen LogP contribution is -2.14. The summed E-state index contributed by atoms with van der Waals surface area (Å²) in [5.74, 6) is 1.25. The van der Waals surface area contributed by atoms with Crippen LogP contribution in [0.2, 0.25) is 0 Å². The number of nitrogens with two attached hydrogens (primary N) is 1. The zero-order valence-electron chi connectivity index (χ0n) is 13.6. The van der Waals surface area contributed by atoms with Gasteiger partial charge in [0.05, 0.1) is 18.2 Å². The van der Waals surface area contributed by atoms with Crippen molar-refractivity contribution in [3.63, 3.8) is 0 Å². The normalized spacial score (nSPS) is 11.0. The van der Waals surface area contributed by atoms with E-state index in [4.69, 9.17) is 10.5 Å².